The second-order valence-corrected chi connectivity index (χ2v) is 7.74. The van der Waals surface area contributed by atoms with Gasteiger partial charge in [0.1, 0.15) is 0 Å². The van der Waals surface area contributed by atoms with Gasteiger partial charge in [-0.25, -0.2) is 0 Å². The lowest BCUT2D eigenvalue weighted by Crippen LogP contribution is -2.57. The topological polar surface area (TPSA) is 54.2 Å². The minimum Gasteiger partial charge on any atom is -0.360 e. The van der Waals surface area contributed by atoms with E-state index >= 15 is 0 Å². The molecule has 0 aromatic carbocycles. The highest BCUT2D eigenvalue weighted by molar-refractivity contribution is 5.12. The molecule has 130 valence electrons. The smallest absolute Gasteiger partial charge is 0.150 e. The summed E-state index contributed by atoms with van der Waals surface area (Å²) in [5, 5.41) is 7.90. The third-order valence-corrected chi connectivity index (χ3v) is 5.26. The third kappa shape index (κ3) is 3.84. The highest BCUT2D eigenvalue weighted by atomic mass is 16.5. The second kappa shape index (κ2) is 7.03. The lowest BCUT2D eigenvalue weighted by molar-refractivity contribution is 0.0123. The van der Waals surface area contributed by atoms with Crippen LogP contribution in [0, 0.1) is 11.3 Å². The molecule has 2 aromatic rings. The lowest BCUT2D eigenvalue weighted by atomic mass is 9.57. The molecule has 24 heavy (non-hydrogen) atoms. The van der Waals surface area contributed by atoms with Crippen LogP contribution >= 0.6 is 0 Å². The Morgan fingerprint density at radius 1 is 1.29 bits per heavy atom. The van der Waals surface area contributed by atoms with Crippen LogP contribution < -0.4 is 5.32 Å². The van der Waals surface area contributed by atoms with E-state index in [0.717, 1.165) is 36.7 Å². The van der Waals surface area contributed by atoms with Gasteiger partial charge in [-0.15, -0.1) is 0 Å². The molecule has 1 fully saturated rings. The minimum atomic E-state index is 0.259. The molecular formula is C19H28N4O. The molecule has 1 aliphatic carbocycles. The molecule has 0 saturated heterocycles. The Kier molecular flexibility index (Phi) is 5.01. The van der Waals surface area contributed by atoms with Crippen molar-refractivity contribution in [1.29, 1.82) is 0 Å². The van der Waals surface area contributed by atoms with Crippen molar-refractivity contribution < 1.29 is 4.52 Å². The van der Waals surface area contributed by atoms with E-state index in [4.69, 9.17) is 4.52 Å². The van der Waals surface area contributed by atoms with Gasteiger partial charge in [0.05, 0.1) is 17.9 Å². The summed E-state index contributed by atoms with van der Waals surface area (Å²) >= 11 is 0. The van der Waals surface area contributed by atoms with E-state index in [-0.39, 0.29) is 5.41 Å². The average molecular weight is 328 g/mol. The molecule has 1 aliphatic rings. The fraction of sp³-hybridized carbons (Fsp3) is 0.579. The maximum Gasteiger partial charge on any atom is 0.150 e. The van der Waals surface area contributed by atoms with Gasteiger partial charge in [0.2, 0.25) is 0 Å². The van der Waals surface area contributed by atoms with Gasteiger partial charge in [0.15, 0.2) is 5.76 Å². The highest BCUT2D eigenvalue weighted by Gasteiger charge is 2.47. The van der Waals surface area contributed by atoms with Crippen LogP contribution in [0.25, 0.3) is 0 Å². The molecule has 2 aromatic heterocycles. The first-order valence-electron chi connectivity index (χ1n) is 8.67. The van der Waals surface area contributed by atoms with Crippen molar-refractivity contribution in [2.24, 2.45) is 11.3 Å². The van der Waals surface area contributed by atoms with Gasteiger partial charge in [-0.1, -0.05) is 25.1 Å². The van der Waals surface area contributed by atoms with E-state index in [1.165, 1.54) is 6.42 Å². The molecule has 1 saturated carbocycles. The van der Waals surface area contributed by atoms with Crippen molar-refractivity contribution in [3.63, 3.8) is 0 Å². The lowest BCUT2D eigenvalue weighted by Gasteiger charge is -2.52. The fourth-order valence-electron chi connectivity index (χ4n) is 3.53. The first-order chi connectivity index (χ1) is 11.4. The second-order valence-electron chi connectivity index (χ2n) is 7.74. The number of nitrogens with zero attached hydrogens (tertiary/aromatic N) is 3. The molecule has 0 amide bonds. The standard InChI is InChI=1S/C19H28N4O/c1-19(2)14(9-16-11-17(24-22-16)13-23(3)4)10-18(19)21-12-15-7-5-6-8-20-15/h5-8,11,14,18,21H,9-10,12-13H2,1-4H3/t14-,18+/m1/s1. The molecule has 0 aliphatic heterocycles. The van der Waals surface area contributed by atoms with Crippen molar-refractivity contribution in [1.82, 2.24) is 20.4 Å². The molecule has 5 nitrogen and oxygen atoms in total. The maximum atomic E-state index is 5.43. The van der Waals surface area contributed by atoms with E-state index in [1.807, 2.05) is 32.4 Å². The molecule has 0 spiro atoms. The van der Waals surface area contributed by atoms with Crippen LogP contribution in [0.5, 0.6) is 0 Å². The van der Waals surface area contributed by atoms with Crippen LogP contribution in [0.15, 0.2) is 35.0 Å². The molecule has 0 radical (unpaired) electrons. The molecule has 5 heteroatoms. The Labute approximate surface area is 144 Å². The van der Waals surface area contributed by atoms with Gasteiger partial charge >= 0.3 is 0 Å². The SMILES string of the molecule is CN(C)Cc1cc(C[C@@H]2C[C@H](NCc3ccccn3)C2(C)C)no1. The minimum absolute atomic E-state index is 0.259. The summed E-state index contributed by atoms with van der Waals surface area (Å²) in [6, 6.07) is 8.68. The van der Waals surface area contributed by atoms with Crippen LogP contribution in [-0.2, 0) is 19.5 Å². The summed E-state index contributed by atoms with van der Waals surface area (Å²) in [6.45, 7) is 6.32. The van der Waals surface area contributed by atoms with Crippen LogP contribution in [0.2, 0.25) is 0 Å². The Morgan fingerprint density at radius 3 is 2.79 bits per heavy atom. The van der Waals surface area contributed by atoms with Gasteiger partial charge in [-0.05, 0) is 50.4 Å². The van der Waals surface area contributed by atoms with E-state index in [1.54, 1.807) is 0 Å². The molecule has 3 rings (SSSR count). The fourth-order valence-corrected chi connectivity index (χ4v) is 3.53. The summed E-state index contributed by atoms with van der Waals surface area (Å²) in [6.07, 6.45) is 4.02. The molecule has 1 N–H and O–H groups in total. The summed E-state index contributed by atoms with van der Waals surface area (Å²) in [7, 11) is 4.07. The van der Waals surface area contributed by atoms with Gasteiger partial charge < -0.3 is 14.7 Å². The first-order valence-corrected chi connectivity index (χ1v) is 8.67. The van der Waals surface area contributed by atoms with Gasteiger partial charge in [0, 0.05) is 24.8 Å². The van der Waals surface area contributed by atoms with Crippen molar-refractivity contribution in [3.8, 4) is 0 Å². The van der Waals surface area contributed by atoms with Crippen molar-refractivity contribution >= 4 is 0 Å². The van der Waals surface area contributed by atoms with Crippen LogP contribution in [-0.4, -0.2) is 35.2 Å². The van der Waals surface area contributed by atoms with Crippen molar-refractivity contribution in [2.75, 3.05) is 14.1 Å². The van der Waals surface area contributed by atoms with E-state index in [2.05, 4.69) is 46.3 Å². The Hall–Kier alpha value is -1.72. The number of hydrogen-bond donors (Lipinski definition) is 1. The van der Waals surface area contributed by atoms with Crippen LogP contribution in [0.1, 0.15) is 37.4 Å². The zero-order valence-corrected chi connectivity index (χ0v) is 15.1. The predicted octanol–water partition coefficient (Wildman–Crippen LogP) is 2.88. The molecule has 2 atom stereocenters. The summed E-state index contributed by atoms with van der Waals surface area (Å²) in [5.41, 5.74) is 2.43. The normalized spacial score (nSPS) is 22.5. The summed E-state index contributed by atoms with van der Waals surface area (Å²) in [5.74, 6) is 1.58. The van der Waals surface area contributed by atoms with Gasteiger partial charge in [-0.2, -0.15) is 0 Å². The van der Waals surface area contributed by atoms with Gasteiger partial charge in [0.25, 0.3) is 0 Å². The van der Waals surface area contributed by atoms with Crippen LogP contribution in [0.4, 0.5) is 0 Å². The number of aromatic nitrogens is 2. The first kappa shape index (κ1) is 17.1. The number of nitrogens with one attached hydrogen (secondary N) is 1. The Morgan fingerprint density at radius 2 is 2.12 bits per heavy atom. The van der Waals surface area contributed by atoms with Crippen molar-refractivity contribution in [3.05, 3.63) is 47.6 Å². The number of hydrogen-bond acceptors (Lipinski definition) is 5. The number of pyridine rings is 1. The van der Waals surface area contributed by atoms with Crippen molar-refractivity contribution in [2.45, 2.75) is 45.8 Å². The van der Waals surface area contributed by atoms with E-state index in [0.29, 0.717) is 12.0 Å². The Balaban J connectivity index is 1.51. The predicted molar refractivity (Wildman–Crippen MR) is 94.4 cm³/mol. The summed E-state index contributed by atoms with van der Waals surface area (Å²) in [4.78, 5) is 6.47. The molecule has 2 heterocycles. The zero-order chi connectivity index (χ0) is 17.2. The van der Waals surface area contributed by atoms with E-state index < -0.39 is 0 Å². The largest absolute Gasteiger partial charge is 0.360 e. The molecular weight excluding hydrogens is 300 g/mol. The maximum absolute atomic E-state index is 5.43. The highest BCUT2D eigenvalue weighted by Crippen LogP contribution is 2.47. The average Bonchev–Trinajstić information content (AvgIpc) is 2.97. The third-order valence-electron chi connectivity index (χ3n) is 5.26. The Bertz CT molecular complexity index is 650. The van der Waals surface area contributed by atoms with E-state index in [9.17, 15) is 0 Å². The number of rotatable bonds is 7. The quantitative estimate of drug-likeness (QED) is 0.847. The van der Waals surface area contributed by atoms with Crippen LogP contribution in [0.3, 0.4) is 0 Å². The summed E-state index contributed by atoms with van der Waals surface area (Å²) < 4.78 is 5.43. The molecule has 0 unspecified atom stereocenters. The molecule has 0 bridgehead atoms. The van der Waals surface area contributed by atoms with Gasteiger partial charge in [-0.3, -0.25) is 4.98 Å². The zero-order valence-electron chi connectivity index (χ0n) is 15.1. The monoisotopic (exact) mass is 328 g/mol.